The molecule has 1 heterocycles. The summed E-state index contributed by atoms with van der Waals surface area (Å²) in [7, 11) is 0. The fraction of sp³-hybridized carbons (Fsp3) is 0.154. The zero-order valence-corrected chi connectivity index (χ0v) is 16.0. The van der Waals surface area contributed by atoms with Crippen LogP contribution in [-0.4, -0.2) is 6.04 Å². The average molecular weight is 351 g/mol. The van der Waals surface area contributed by atoms with Gasteiger partial charge >= 0.3 is 0 Å². The van der Waals surface area contributed by atoms with Crippen LogP contribution in [0.25, 0.3) is 5.57 Å². The van der Waals surface area contributed by atoms with E-state index in [9.17, 15) is 0 Å². The Balaban J connectivity index is 1.91. The summed E-state index contributed by atoms with van der Waals surface area (Å²) in [6.07, 6.45) is 4.48. The molecule has 0 fully saturated rings. The predicted molar refractivity (Wildman–Crippen MR) is 117 cm³/mol. The quantitative estimate of drug-likeness (QED) is 0.463. The number of hydrogen-bond acceptors (Lipinski definition) is 1. The molecule has 4 rings (SSSR count). The first-order chi connectivity index (χ1) is 13.2. The predicted octanol–water partition coefficient (Wildman–Crippen LogP) is 6.89. The first-order valence-corrected chi connectivity index (χ1v) is 9.52. The lowest BCUT2D eigenvalue weighted by atomic mass is 9.86. The van der Waals surface area contributed by atoms with E-state index in [1.54, 1.807) is 0 Å². The largest absolute Gasteiger partial charge is 0.333 e. The standard InChI is InChI=1S/C26H25N/c1-4-11-23-24-18-19(2)16-17-25(24)27(22-14-9-6-10-15-22)26(23)20(3)21-12-7-5-8-13-21/h4-18,23,26H,3H2,1-2H3/b11-4-. The molecule has 0 amide bonds. The van der Waals surface area contributed by atoms with Crippen LogP contribution in [0.4, 0.5) is 11.4 Å². The second-order valence-corrected chi connectivity index (χ2v) is 7.16. The number of hydrogen-bond donors (Lipinski definition) is 0. The van der Waals surface area contributed by atoms with E-state index in [4.69, 9.17) is 0 Å². The Hall–Kier alpha value is -3.06. The lowest BCUT2D eigenvalue weighted by molar-refractivity contribution is 0.768. The van der Waals surface area contributed by atoms with Gasteiger partial charge in [-0.2, -0.15) is 0 Å². The van der Waals surface area contributed by atoms with Gasteiger partial charge in [-0.25, -0.2) is 0 Å². The fourth-order valence-electron chi connectivity index (χ4n) is 4.14. The molecule has 2 unspecified atom stereocenters. The Morgan fingerprint density at radius 3 is 2.26 bits per heavy atom. The highest BCUT2D eigenvalue weighted by atomic mass is 15.2. The number of para-hydroxylation sites is 1. The summed E-state index contributed by atoms with van der Waals surface area (Å²) < 4.78 is 0. The normalized spacial score (nSPS) is 18.7. The highest BCUT2D eigenvalue weighted by molar-refractivity contribution is 5.84. The van der Waals surface area contributed by atoms with Gasteiger partial charge in [0.1, 0.15) is 0 Å². The average Bonchev–Trinajstić information content (AvgIpc) is 3.02. The van der Waals surface area contributed by atoms with Crippen LogP contribution >= 0.6 is 0 Å². The maximum atomic E-state index is 4.55. The molecule has 1 heteroatoms. The van der Waals surface area contributed by atoms with E-state index in [2.05, 4.69) is 116 Å². The Kier molecular flexibility index (Phi) is 4.68. The summed E-state index contributed by atoms with van der Waals surface area (Å²) >= 11 is 0. The van der Waals surface area contributed by atoms with Gasteiger partial charge in [0.2, 0.25) is 0 Å². The van der Waals surface area contributed by atoms with E-state index in [0.717, 1.165) is 5.57 Å². The smallest absolute Gasteiger partial charge is 0.0695 e. The molecule has 2 atom stereocenters. The second kappa shape index (κ2) is 7.28. The van der Waals surface area contributed by atoms with Crippen molar-refractivity contribution in [1.29, 1.82) is 0 Å². The summed E-state index contributed by atoms with van der Waals surface area (Å²) in [5.74, 6) is 0.276. The molecule has 134 valence electrons. The molecule has 0 bridgehead atoms. The molecule has 27 heavy (non-hydrogen) atoms. The van der Waals surface area contributed by atoms with Gasteiger partial charge in [0.15, 0.2) is 0 Å². The lowest BCUT2D eigenvalue weighted by Crippen LogP contribution is -2.30. The molecule has 0 saturated carbocycles. The minimum atomic E-state index is 0.155. The van der Waals surface area contributed by atoms with Crippen LogP contribution in [0.3, 0.4) is 0 Å². The van der Waals surface area contributed by atoms with Crippen molar-refractivity contribution in [3.8, 4) is 0 Å². The third-order valence-corrected chi connectivity index (χ3v) is 5.36. The van der Waals surface area contributed by atoms with Gasteiger partial charge < -0.3 is 4.90 Å². The van der Waals surface area contributed by atoms with Gasteiger partial charge in [0.25, 0.3) is 0 Å². The maximum Gasteiger partial charge on any atom is 0.0695 e. The zero-order valence-electron chi connectivity index (χ0n) is 16.0. The molecule has 0 spiro atoms. The zero-order chi connectivity index (χ0) is 18.8. The van der Waals surface area contributed by atoms with E-state index in [0.29, 0.717) is 0 Å². The number of rotatable bonds is 4. The van der Waals surface area contributed by atoms with Crippen LogP contribution in [0, 0.1) is 6.92 Å². The van der Waals surface area contributed by atoms with Crippen molar-refractivity contribution >= 4 is 16.9 Å². The Morgan fingerprint density at radius 1 is 0.926 bits per heavy atom. The molecule has 1 aliphatic heterocycles. The van der Waals surface area contributed by atoms with Crippen LogP contribution in [0.5, 0.6) is 0 Å². The molecule has 1 nitrogen and oxygen atoms in total. The first-order valence-electron chi connectivity index (χ1n) is 9.52. The number of anilines is 2. The van der Waals surface area contributed by atoms with Crippen LogP contribution in [0.2, 0.25) is 0 Å². The molecule has 0 N–H and O–H groups in total. The van der Waals surface area contributed by atoms with Crippen molar-refractivity contribution in [1.82, 2.24) is 0 Å². The van der Waals surface area contributed by atoms with E-state index >= 15 is 0 Å². The van der Waals surface area contributed by atoms with Gasteiger partial charge in [-0.1, -0.05) is 85.0 Å². The number of benzene rings is 3. The number of allylic oxidation sites excluding steroid dienone is 1. The second-order valence-electron chi connectivity index (χ2n) is 7.16. The molecule has 0 aromatic heterocycles. The van der Waals surface area contributed by atoms with Crippen molar-refractivity contribution in [2.24, 2.45) is 0 Å². The van der Waals surface area contributed by atoms with Crippen molar-refractivity contribution in [2.75, 3.05) is 4.90 Å². The Bertz CT molecular complexity index is 970. The van der Waals surface area contributed by atoms with Crippen LogP contribution < -0.4 is 4.90 Å². The van der Waals surface area contributed by atoms with Crippen LogP contribution in [0.15, 0.2) is 97.6 Å². The van der Waals surface area contributed by atoms with E-state index in [1.807, 2.05) is 0 Å². The van der Waals surface area contributed by atoms with Gasteiger partial charge in [-0.15, -0.1) is 0 Å². The topological polar surface area (TPSA) is 3.24 Å². The van der Waals surface area contributed by atoms with E-state index in [-0.39, 0.29) is 12.0 Å². The van der Waals surface area contributed by atoms with Crippen molar-refractivity contribution in [3.63, 3.8) is 0 Å². The van der Waals surface area contributed by atoms with Gasteiger partial charge in [-0.3, -0.25) is 0 Å². The fourth-order valence-corrected chi connectivity index (χ4v) is 4.14. The van der Waals surface area contributed by atoms with Gasteiger partial charge in [-0.05, 0) is 48.7 Å². The van der Waals surface area contributed by atoms with Crippen molar-refractivity contribution in [3.05, 3.63) is 114 Å². The molecular weight excluding hydrogens is 326 g/mol. The summed E-state index contributed by atoms with van der Waals surface area (Å²) in [6, 6.07) is 28.1. The summed E-state index contributed by atoms with van der Waals surface area (Å²) in [6.45, 7) is 8.81. The Morgan fingerprint density at radius 2 is 1.59 bits per heavy atom. The third-order valence-electron chi connectivity index (χ3n) is 5.36. The SMILES string of the molecule is C=C(c1ccccc1)C1C(/C=C\C)c2cc(C)ccc2N1c1ccccc1. The number of nitrogens with zero attached hydrogens (tertiary/aromatic N) is 1. The molecule has 3 aromatic rings. The third kappa shape index (κ3) is 3.10. The number of fused-ring (bicyclic) bond motifs is 1. The molecule has 1 aliphatic rings. The summed E-state index contributed by atoms with van der Waals surface area (Å²) in [4.78, 5) is 2.45. The van der Waals surface area contributed by atoms with Crippen molar-refractivity contribution < 1.29 is 0 Å². The minimum absolute atomic E-state index is 0.155. The van der Waals surface area contributed by atoms with Crippen molar-refractivity contribution in [2.45, 2.75) is 25.8 Å². The molecule has 0 radical (unpaired) electrons. The highest BCUT2D eigenvalue weighted by Gasteiger charge is 2.39. The highest BCUT2D eigenvalue weighted by Crippen LogP contribution is 2.50. The maximum absolute atomic E-state index is 4.55. The summed E-state index contributed by atoms with van der Waals surface area (Å²) in [5.41, 5.74) is 7.49. The van der Waals surface area contributed by atoms with Crippen LogP contribution in [0.1, 0.15) is 29.5 Å². The molecule has 0 aliphatic carbocycles. The minimum Gasteiger partial charge on any atom is -0.333 e. The van der Waals surface area contributed by atoms with Crippen LogP contribution in [-0.2, 0) is 0 Å². The molecular formula is C26H25N. The molecule has 0 saturated heterocycles. The van der Waals surface area contributed by atoms with E-state index in [1.165, 1.54) is 28.1 Å². The first kappa shape index (κ1) is 17.4. The lowest BCUT2D eigenvalue weighted by Gasteiger charge is -2.31. The monoisotopic (exact) mass is 351 g/mol. The van der Waals surface area contributed by atoms with E-state index < -0.39 is 0 Å². The van der Waals surface area contributed by atoms with Gasteiger partial charge in [0, 0.05) is 17.3 Å². The molecule has 3 aromatic carbocycles. The number of aryl methyl sites for hydroxylation is 1. The Labute approximate surface area is 162 Å². The van der Waals surface area contributed by atoms with Gasteiger partial charge in [0.05, 0.1) is 6.04 Å². The summed E-state index contributed by atoms with van der Waals surface area (Å²) in [5, 5.41) is 0.